The first-order valence-electron chi connectivity index (χ1n) is 5.80. The first kappa shape index (κ1) is 11.9. The van der Waals surface area contributed by atoms with E-state index in [2.05, 4.69) is 33.4 Å². The Morgan fingerprint density at radius 3 is 2.88 bits per heavy atom. The summed E-state index contributed by atoms with van der Waals surface area (Å²) in [6.07, 6.45) is 4.85. The normalized spacial score (nSPS) is 20.1. The Balaban J connectivity index is 2.54. The van der Waals surface area contributed by atoms with Gasteiger partial charge in [0.05, 0.1) is 7.11 Å². The van der Waals surface area contributed by atoms with Crippen molar-refractivity contribution in [3.8, 4) is 5.75 Å². The number of hydrogen-bond donors (Lipinski definition) is 1. The fourth-order valence-corrected chi connectivity index (χ4v) is 3.17. The highest BCUT2D eigenvalue weighted by Crippen LogP contribution is 2.38. The van der Waals surface area contributed by atoms with Crippen LogP contribution < -0.4 is 10.1 Å². The van der Waals surface area contributed by atoms with Crippen molar-refractivity contribution in [2.75, 3.05) is 14.2 Å². The molecule has 0 saturated heterocycles. The fraction of sp³-hybridized carbons (Fsp3) is 0.538. The minimum Gasteiger partial charge on any atom is -0.496 e. The van der Waals surface area contributed by atoms with Crippen molar-refractivity contribution < 1.29 is 4.74 Å². The van der Waals surface area contributed by atoms with Gasteiger partial charge in [0.2, 0.25) is 0 Å². The third-order valence-electron chi connectivity index (χ3n) is 3.35. The Morgan fingerprint density at radius 1 is 1.38 bits per heavy atom. The minimum absolute atomic E-state index is 0.446. The lowest BCUT2D eigenvalue weighted by molar-refractivity contribution is 0.408. The van der Waals surface area contributed by atoms with E-state index >= 15 is 0 Å². The molecule has 0 spiro atoms. The van der Waals surface area contributed by atoms with Gasteiger partial charge in [-0.3, -0.25) is 0 Å². The van der Waals surface area contributed by atoms with Crippen molar-refractivity contribution in [3.05, 3.63) is 27.7 Å². The molecule has 2 rings (SSSR count). The minimum atomic E-state index is 0.446. The van der Waals surface area contributed by atoms with Crippen LogP contribution in [0, 0.1) is 0 Å². The summed E-state index contributed by atoms with van der Waals surface area (Å²) in [6.45, 7) is 0. The second kappa shape index (κ2) is 5.19. The molecule has 1 aromatic rings. The molecule has 1 aliphatic carbocycles. The van der Waals surface area contributed by atoms with Crippen LogP contribution in [-0.2, 0) is 6.42 Å². The maximum Gasteiger partial charge on any atom is 0.122 e. The molecule has 1 unspecified atom stereocenters. The van der Waals surface area contributed by atoms with Crippen molar-refractivity contribution in [1.82, 2.24) is 5.32 Å². The van der Waals surface area contributed by atoms with Crippen molar-refractivity contribution in [1.29, 1.82) is 0 Å². The van der Waals surface area contributed by atoms with E-state index in [0.717, 1.165) is 12.2 Å². The quantitative estimate of drug-likeness (QED) is 0.840. The second-order valence-electron chi connectivity index (χ2n) is 4.23. The van der Waals surface area contributed by atoms with Crippen molar-refractivity contribution in [3.63, 3.8) is 0 Å². The zero-order valence-electron chi connectivity index (χ0n) is 9.85. The summed E-state index contributed by atoms with van der Waals surface area (Å²) in [7, 11) is 3.79. The zero-order valence-corrected chi connectivity index (χ0v) is 11.4. The molecule has 1 atom stereocenters. The van der Waals surface area contributed by atoms with E-state index in [0.29, 0.717) is 6.04 Å². The van der Waals surface area contributed by atoms with Crippen molar-refractivity contribution in [2.45, 2.75) is 31.7 Å². The zero-order chi connectivity index (χ0) is 11.5. The van der Waals surface area contributed by atoms with Gasteiger partial charge in [-0.05, 0) is 49.6 Å². The van der Waals surface area contributed by atoms with Crippen LogP contribution in [0.3, 0.4) is 0 Å². The van der Waals surface area contributed by atoms with E-state index in [9.17, 15) is 0 Å². The summed E-state index contributed by atoms with van der Waals surface area (Å²) in [5.74, 6) is 1.03. The van der Waals surface area contributed by atoms with Crippen molar-refractivity contribution in [2.24, 2.45) is 0 Å². The molecular weight excluding hydrogens is 266 g/mol. The third-order valence-corrected chi connectivity index (χ3v) is 4.04. The summed E-state index contributed by atoms with van der Waals surface area (Å²) in [6, 6.07) is 4.59. The Morgan fingerprint density at radius 2 is 2.19 bits per heavy atom. The van der Waals surface area contributed by atoms with E-state index < -0.39 is 0 Å². The second-order valence-corrected chi connectivity index (χ2v) is 5.08. The van der Waals surface area contributed by atoms with E-state index in [1.54, 1.807) is 7.11 Å². The SMILES string of the molecule is CNC1CCCCc2c(OC)ccc(Br)c21. The van der Waals surface area contributed by atoms with Gasteiger partial charge in [0.15, 0.2) is 0 Å². The third kappa shape index (κ3) is 2.11. The average Bonchev–Trinajstić information content (AvgIpc) is 2.52. The van der Waals surface area contributed by atoms with E-state index in [-0.39, 0.29) is 0 Å². The number of methoxy groups -OCH3 is 1. The van der Waals surface area contributed by atoms with Gasteiger partial charge in [0.25, 0.3) is 0 Å². The number of ether oxygens (including phenoxy) is 1. The van der Waals surface area contributed by atoms with Gasteiger partial charge in [-0.15, -0.1) is 0 Å². The predicted molar refractivity (Wildman–Crippen MR) is 70.0 cm³/mol. The van der Waals surface area contributed by atoms with E-state index in [4.69, 9.17) is 4.74 Å². The lowest BCUT2D eigenvalue weighted by Crippen LogP contribution is -2.17. The van der Waals surface area contributed by atoms with Crippen LogP contribution in [0.1, 0.15) is 36.4 Å². The van der Waals surface area contributed by atoms with Gasteiger partial charge < -0.3 is 10.1 Å². The van der Waals surface area contributed by atoms with Gasteiger partial charge in [0.1, 0.15) is 5.75 Å². The highest BCUT2D eigenvalue weighted by Gasteiger charge is 2.22. The molecule has 3 heteroatoms. The molecule has 1 aromatic carbocycles. The van der Waals surface area contributed by atoms with Gasteiger partial charge in [0, 0.05) is 10.5 Å². The van der Waals surface area contributed by atoms with Gasteiger partial charge in [-0.2, -0.15) is 0 Å². The smallest absolute Gasteiger partial charge is 0.122 e. The molecule has 0 saturated carbocycles. The monoisotopic (exact) mass is 283 g/mol. The Labute approximate surface area is 106 Å². The van der Waals surface area contributed by atoms with E-state index in [1.165, 1.54) is 34.9 Å². The van der Waals surface area contributed by atoms with Crippen LogP contribution in [0.2, 0.25) is 0 Å². The maximum atomic E-state index is 5.47. The summed E-state index contributed by atoms with van der Waals surface area (Å²) in [5, 5.41) is 3.41. The average molecular weight is 284 g/mol. The fourth-order valence-electron chi connectivity index (χ4n) is 2.53. The van der Waals surface area contributed by atoms with Gasteiger partial charge >= 0.3 is 0 Å². The Kier molecular flexibility index (Phi) is 3.87. The number of benzene rings is 1. The largest absolute Gasteiger partial charge is 0.496 e. The number of rotatable bonds is 2. The molecule has 1 aliphatic rings. The highest BCUT2D eigenvalue weighted by atomic mass is 79.9. The number of fused-ring (bicyclic) bond motifs is 1. The first-order valence-corrected chi connectivity index (χ1v) is 6.59. The number of hydrogen-bond acceptors (Lipinski definition) is 2. The molecule has 0 aliphatic heterocycles. The highest BCUT2D eigenvalue weighted by molar-refractivity contribution is 9.10. The molecule has 1 N–H and O–H groups in total. The van der Waals surface area contributed by atoms with Crippen LogP contribution in [-0.4, -0.2) is 14.2 Å². The first-order chi connectivity index (χ1) is 7.77. The Bertz CT molecular complexity index is 378. The summed E-state index contributed by atoms with van der Waals surface area (Å²) in [4.78, 5) is 0. The van der Waals surface area contributed by atoms with Crippen LogP contribution in [0.5, 0.6) is 5.75 Å². The van der Waals surface area contributed by atoms with E-state index in [1.807, 2.05) is 7.05 Å². The molecule has 2 nitrogen and oxygen atoms in total. The lowest BCUT2D eigenvalue weighted by atomic mass is 9.98. The predicted octanol–water partition coefficient (Wildman–Crippen LogP) is 3.44. The molecule has 0 bridgehead atoms. The lowest BCUT2D eigenvalue weighted by Gasteiger charge is -2.20. The molecule has 0 heterocycles. The molecule has 16 heavy (non-hydrogen) atoms. The summed E-state index contributed by atoms with van der Waals surface area (Å²) < 4.78 is 6.67. The standard InChI is InChI=1S/C13H18BrNO/c1-15-11-6-4-3-5-9-12(16-2)8-7-10(14)13(9)11/h7-8,11,15H,3-6H2,1-2H3. The molecule has 0 fully saturated rings. The number of nitrogens with one attached hydrogen (secondary N) is 1. The number of halogens is 1. The van der Waals surface area contributed by atoms with Crippen LogP contribution in [0.4, 0.5) is 0 Å². The van der Waals surface area contributed by atoms with Crippen molar-refractivity contribution >= 4 is 15.9 Å². The summed E-state index contributed by atoms with van der Waals surface area (Å²) >= 11 is 3.67. The summed E-state index contributed by atoms with van der Waals surface area (Å²) in [5.41, 5.74) is 2.76. The molecule has 0 radical (unpaired) electrons. The molecular formula is C13H18BrNO. The molecule has 88 valence electrons. The van der Waals surface area contributed by atoms with Crippen LogP contribution >= 0.6 is 15.9 Å². The van der Waals surface area contributed by atoms with Crippen LogP contribution in [0.15, 0.2) is 16.6 Å². The van der Waals surface area contributed by atoms with Gasteiger partial charge in [-0.1, -0.05) is 22.4 Å². The molecule has 0 amide bonds. The van der Waals surface area contributed by atoms with Crippen LogP contribution in [0.25, 0.3) is 0 Å². The van der Waals surface area contributed by atoms with Gasteiger partial charge in [-0.25, -0.2) is 0 Å². The topological polar surface area (TPSA) is 21.3 Å². The molecule has 0 aromatic heterocycles. The Hall–Kier alpha value is -0.540. The maximum absolute atomic E-state index is 5.47.